The standard InChI is InChI=1S/C19H29NO2/c1-15-9-8-12-17(14-13-16-10-6-5-7-11-16)20(15)18(21)22-19(2,3)4/h5-7,10-11,15,17H,8-9,12-14H2,1-4H3/t15-,17+/m1/s1. The molecule has 1 aromatic rings. The summed E-state index contributed by atoms with van der Waals surface area (Å²) in [7, 11) is 0. The molecule has 1 saturated heterocycles. The molecule has 0 aromatic heterocycles. The maximum Gasteiger partial charge on any atom is 0.410 e. The quantitative estimate of drug-likeness (QED) is 0.803. The van der Waals surface area contributed by atoms with Crippen LogP contribution in [0.25, 0.3) is 0 Å². The van der Waals surface area contributed by atoms with Crippen LogP contribution in [-0.4, -0.2) is 28.7 Å². The first-order valence-electron chi connectivity index (χ1n) is 8.42. The molecule has 3 nitrogen and oxygen atoms in total. The van der Waals surface area contributed by atoms with Gasteiger partial charge in [0.15, 0.2) is 0 Å². The molecule has 1 aromatic carbocycles. The van der Waals surface area contributed by atoms with Crippen molar-refractivity contribution in [1.82, 2.24) is 4.90 Å². The highest BCUT2D eigenvalue weighted by Gasteiger charge is 2.34. The molecule has 0 saturated carbocycles. The van der Waals surface area contributed by atoms with Crippen LogP contribution in [0, 0.1) is 0 Å². The molecule has 22 heavy (non-hydrogen) atoms. The Balaban J connectivity index is 2.01. The second-order valence-corrected chi connectivity index (χ2v) is 7.35. The molecule has 0 spiro atoms. The van der Waals surface area contributed by atoms with Crippen LogP contribution in [0.4, 0.5) is 4.79 Å². The maximum atomic E-state index is 12.5. The van der Waals surface area contributed by atoms with Crippen LogP contribution in [0.1, 0.15) is 58.9 Å². The van der Waals surface area contributed by atoms with Gasteiger partial charge in [-0.1, -0.05) is 30.3 Å². The van der Waals surface area contributed by atoms with Crippen LogP contribution in [0.5, 0.6) is 0 Å². The molecule has 1 heterocycles. The number of likely N-dealkylation sites (tertiary alicyclic amines) is 1. The van der Waals surface area contributed by atoms with Crippen LogP contribution < -0.4 is 0 Å². The number of benzene rings is 1. The van der Waals surface area contributed by atoms with Gasteiger partial charge in [-0.25, -0.2) is 4.79 Å². The van der Waals surface area contributed by atoms with Gasteiger partial charge in [0.05, 0.1) is 0 Å². The molecule has 2 atom stereocenters. The summed E-state index contributed by atoms with van der Waals surface area (Å²) in [6.07, 6.45) is 5.21. The van der Waals surface area contributed by atoms with E-state index in [1.54, 1.807) is 0 Å². The van der Waals surface area contributed by atoms with Crippen molar-refractivity contribution in [2.24, 2.45) is 0 Å². The zero-order chi connectivity index (χ0) is 16.2. The minimum Gasteiger partial charge on any atom is -0.444 e. The lowest BCUT2D eigenvalue weighted by Crippen LogP contribution is -2.50. The molecule has 1 amide bonds. The molecule has 0 aliphatic carbocycles. The summed E-state index contributed by atoms with van der Waals surface area (Å²) in [6, 6.07) is 11.1. The highest BCUT2D eigenvalue weighted by Crippen LogP contribution is 2.28. The van der Waals surface area contributed by atoms with Crippen molar-refractivity contribution in [3.05, 3.63) is 35.9 Å². The van der Waals surface area contributed by atoms with Gasteiger partial charge in [0.25, 0.3) is 0 Å². The van der Waals surface area contributed by atoms with Crippen molar-refractivity contribution in [3.8, 4) is 0 Å². The van der Waals surface area contributed by atoms with Crippen LogP contribution >= 0.6 is 0 Å². The second-order valence-electron chi connectivity index (χ2n) is 7.35. The fraction of sp³-hybridized carbons (Fsp3) is 0.632. The van der Waals surface area contributed by atoms with E-state index in [0.29, 0.717) is 6.04 Å². The minimum atomic E-state index is -0.432. The van der Waals surface area contributed by atoms with E-state index >= 15 is 0 Å². The Morgan fingerprint density at radius 3 is 2.55 bits per heavy atom. The molecule has 0 bridgehead atoms. The van der Waals surface area contributed by atoms with E-state index in [1.807, 2.05) is 31.7 Å². The number of amides is 1. The Morgan fingerprint density at radius 1 is 1.23 bits per heavy atom. The van der Waals surface area contributed by atoms with Crippen LogP contribution in [-0.2, 0) is 11.2 Å². The van der Waals surface area contributed by atoms with Gasteiger partial charge in [0.1, 0.15) is 5.60 Å². The molecule has 1 fully saturated rings. The number of hydrogen-bond acceptors (Lipinski definition) is 2. The predicted octanol–water partition coefficient (Wildman–Crippen LogP) is 4.80. The monoisotopic (exact) mass is 303 g/mol. The molecule has 122 valence electrons. The van der Waals surface area contributed by atoms with Crippen molar-refractivity contribution in [2.75, 3.05) is 0 Å². The lowest BCUT2D eigenvalue weighted by Gasteiger charge is -2.41. The molecule has 0 N–H and O–H groups in total. The van der Waals surface area contributed by atoms with Crippen molar-refractivity contribution in [3.63, 3.8) is 0 Å². The third-order valence-corrected chi connectivity index (χ3v) is 4.24. The number of rotatable bonds is 3. The zero-order valence-electron chi connectivity index (χ0n) is 14.3. The first-order chi connectivity index (χ1) is 10.4. The Bertz CT molecular complexity index is 478. The first kappa shape index (κ1) is 16.9. The first-order valence-corrected chi connectivity index (χ1v) is 8.42. The second kappa shape index (κ2) is 7.17. The van der Waals surface area contributed by atoms with Crippen molar-refractivity contribution in [2.45, 2.75) is 77.5 Å². The molecule has 0 unspecified atom stereocenters. The molecule has 3 heteroatoms. The van der Waals surface area contributed by atoms with E-state index in [1.165, 1.54) is 12.0 Å². The summed E-state index contributed by atoms with van der Waals surface area (Å²) >= 11 is 0. The van der Waals surface area contributed by atoms with E-state index in [9.17, 15) is 4.79 Å². The smallest absolute Gasteiger partial charge is 0.410 e. The number of piperidine rings is 1. The Morgan fingerprint density at radius 2 is 1.91 bits per heavy atom. The number of ether oxygens (including phenoxy) is 1. The largest absolute Gasteiger partial charge is 0.444 e. The van der Waals surface area contributed by atoms with E-state index in [2.05, 4.69) is 31.2 Å². The number of carbonyl (C=O) groups excluding carboxylic acids is 1. The predicted molar refractivity (Wildman–Crippen MR) is 89.9 cm³/mol. The Hall–Kier alpha value is -1.51. The lowest BCUT2D eigenvalue weighted by molar-refractivity contribution is -0.00390. The average Bonchev–Trinajstić information content (AvgIpc) is 2.44. The maximum absolute atomic E-state index is 12.5. The molecule has 1 aliphatic heterocycles. The van der Waals surface area contributed by atoms with E-state index < -0.39 is 5.60 Å². The molecular weight excluding hydrogens is 274 g/mol. The number of carbonyl (C=O) groups is 1. The fourth-order valence-electron chi connectivity index (χ4n) is 3.19. The lowest BCUT2D eigenvalue weighted by atomic mass is 9.92. The van der Waals surface area contributed by atoms with Crippen LogP contribution in [0.3, 0.4) is 0 Å². The fourth-order valence-corrected chi connectivity index (χ4v) is 3.19. The molecule has 2 rings (SSSR count). The van der Waals surface area contributed by atoms with Crippen LogP contribution in [0.15, 0.2) is 30.3 Å². The van der Waals surface area contributed by atoms with Gasteiger partial charge in [-0.05, 0) is 65.4 Å². The van der Waals surface area contributed by atoms with Crippen molar-refractivity contribution < 1.29 is 9.53 Å². The van der Waals surface area contributed by atoms with Gasteiger partial charge < -0.3 is 9.64 Å². The summed E-state index contributed by atoms with van der Waals surface area (Å²) in [6.45, 7) is 7.92. The third kappa shape index (κ3) is 4.75. The van der Waals surface area contributed by atoms with Gasteiger partial charge in [-0.15, -0.1) is 0 Å². The highest BCUT2D eigenvalue weighted by molar-refractivity contribution is 5.69. The van der Waals surface area contributed by atoms with E-state index in [0.717, 1.165) is 25.7 Å². The summed E-state index contributed by atoms with van der Waals surface area (Å²) < 4.78 is 5.62. The third-order valence-electron chi connectivity index (χ3n) is 4.24. The van der Waals surface area contributed by atoms with Crippen molar-refractivity contribution >= 4 is 6.09 Å². The summed E-state index contributed by atoms with van der Waals surface area (Å²) in [5.74, 6) is 0. The topological polar surface area (TPSA) is 29.5 Å². The zero-order valence-corrected chi connectivity index (χ0v) is 14.3. The number of hydrogen-bond donors (Lipinski definition) is 0. The van der Waals surface area contributed by atoms with Gasteiger partial charge in [-0.2, -0.15) is 0 Å². The van der Waals surface area contributed by atoms with E-state index in [4.69, 9.17) is 4.74 Å². The average molecular weight is 303 g/mol. The summed E-state index contributed by atoms with van der Waals surface area (Å²) in [4.78, 5) is 14.5. The highest BCUT2D eigenvalue weighted by atomic mass is 16.6. The molecule has 1 aliphatic rings. The molecular formula is C19H29NO2. The van der Waals surface area contributed by atoms with Gasteiger partial charge >= 0.3 is 6.09 Å². The van der Waals surface area contributed by atoms with Crippen molar-refractivity contribution in [1.29, 1.82) is 0 Å². The van der Waals surface area contributed by atoms with Gasteiger partial charge in [0, 0.05) is 12.1 Å². The number of aryl methyl sites for hydroxylation is 1. The normalized spacial score (nSPS) is 22.5. The van der Waals surface area contributed by atoms with Gasteiger partial charge in [0.2, 0.25) is 0 Å². The number of nitrogens with zero attached hydrogens (tertiary/aromatic N) is 1. The van der Waals surface area contributed by atoms with Gasteiger partial charge in [-0.3, -0.25) is 0 Å². The summed E-state index contributed by atoms with van der Waals surface area (Å²) in [5.41, 5.74) is 0.906. The Kier molecular flexibility index (Phi) is 5.49. The SMILES string of the molecule is C[C@@H]1CCC[C@@H](CCc2ccccc2)N1C(=O)OC(C)(C)C. The Labute approximate surface area is 134 Å². The molecule has 0 radical (unpaired) electrons. The van der Waals surface area contributed by atoms with Crippen LogP contribution in [0.2, 0.25) is 0 Å². The summed E-state index contributed by atoms with van der Waals surface area (Å²) in [5, 5.41) is 0. The van der Waals surface area contributed by atoms with E-state index in [-0.39, 0.29) is 12.1 Å². The minimum absolute atomic E-state index is 0.155.